The van der Waals surface area contributed by atoms with E-state index < -0.39 is 6.10 Å². The zero-order valence-corrected chi connectivity index (χ0v) is 20.1. The van der Waals surface area contributed by atoms with Crippen molar-refractivity contribution >= 4 is 5.97 Å². The molecule has 1 aromatic carbocycles. The highest BCUT2D eigenvalue weighted by Gasteiger charge is 2.16. The molecular formula is C27H40N2O3. The van der Waals surface area contributed by atoms with Gasteiger partial charge in [-0.05, 0) is 56.0 Å². The van der Waals surface area contributed by atoms with Crippen molar-refractivity contribution in [1.82, 2.24) is 9.97 Å². The maximum Gasteiger partial charge on any atom is 0.340 e. The summed E-state index contributed by atoms with van der Waals surface area (Å²) < 4.78 is 11.1. The second-order valence-electron chi connectivity index (χ2n) is 8.45. The molecule has 2 rings (SSSR count). The quantitative estimate of drug-likeness (QED) is 0.161. The van der Waals surface area contributed by atoms with E-state index >= 15 is 0 Å². The second kappa shape index (κ2) is 15.5. The Morgan fingerprint density at radius 1 is 0.844 bits per heavy atom. The predicted octanol–water partition coefficient (Wildman–Crippen LogP) is 6.94. The van der Waals surface area contributed by atoms with Gasteiger partial charge in [-0.1, -0.05) is 65.2 Å². The lowest BCUT2D eigenvalue weighted by molar-refractivity contribution is -0.146. The molecule has 0 aliphatic heterocycles. The smallest absolute Gasteiger partial charge is 0.340 e. The first-order chi connectivity index (χ1) is 15.6. The Morgan fingerprint density at radius 2 is 1.44 bits per heavy atom. The Hall–Kier alpha value is -2.27. The highest BCUT2D eigenvalue weighted by molar-refractivity contribution is 5.77. The molecule has 0 radical (unpaired) electrons. The Labute approximate surface area is 194 Å². The molecule has 0 fully saturated rings. The number of aromatic nitrogens is 2. The molecule has 0 amide bonds. The monoisotopic (exact) mass is 440 g/mol. The number of rotatable bonds is 16. The first kappa shape index (κ1) is 26.0. The summed E-state index contributed by atoms with van der Waals surface area (Å²) in [4.78, 5) is 21.3. The SMILES string of the molecule is CCCCCCCCOC(C)C(=O)Oc1ccc(-c2ncc(CCCCCC)cn2)cc1. The molecule has 2 aromatic rings. The molecular weight excluding hydrogens is 400 g/mol. The number of nitrogens with zero attached hydrogens (tertiary/aromatic N) is 2. The van der Waals surface area contributed by atoms with Crippen molar-refractivity contribution in [1.29, 1.82) is 0 Å². The van der Waals surface area contributed by atoms with Gasteiger partial charge in [-0.2, -0.15) is 0 Å². The summed E-state index contributed by atoms with van der Waals surface area (Å²) in [6.45, 7) is 6.76. The molecule has 0 aliphatic rings. The van der Waals surface area contributed by atoms with Gasteiger partial charge < -0.3 is 9.47 Å². The van der Waals surface area contributed by atoms with E-state index in [9.17, 15) is 4.79 Å². The number of carbonyl (C=O) groups excluding carboxylic acids is 1. The van der Waals surface area contributed by atoms with Crippen LogP contribution in [-0.2, 0) is 16.0 Å². The van der Waals surface area contributed by atoms with E-state index in [4.69, 9.17) is 9.47 Å². The first-order valence-corrected chi connectivity index (χ1v) is 12.4. The summed E-state index contributed by atoms with van der Waals surface area (Å²) in [5.41, 5.74) is 2.07. The fourth-order valence-electron chi connectivity index (χ4n) is 3.47. The second-order valence-corrected chi connectivity index (χ2v) is 8.45. The van der Waals surface area contributed by atoms with Gasteiger partial charge in [-0.3, -0.25) is 0 Å². The first-order valence-electron chi connectivity index (χ1n) is 12.4. The van der Waals surface area contributed by atoms with Gasteiger partial charge in [0.15, 0.2) is 11.9 Å². The maximum atomic E-state index is 12.3. The fourth-order valence-corrected chi connectivity index (χ4v) is 3.47. The third kappa shape index (κ3) is 9.90. The average molecular weight is 441 g/mol. The molecule has 32 heavy (non-hydrogen) atoms. The van der Waals surface area contributed by atoms with E-state index in [1.165, 1.54) is 56.9 Å². The summed E-state index contributed by atoms with van der Waals surface area (Å²) in [5.74, 6) is 0.810. The average Bonchev–Trinajstić information content (AvgIpc) is 2.82. The normalized spacial score (nSPS) is 12.0. The van der Waals surface area contributed by atoms with Crippen molar-refractivity contribution in [2.45, 2.75) is 97.5 Å². The molecule has 1 aromatic heterocycles. The molecule has 0 bridgehead atoms. The Balaban J connectivity index is 1.74. The molecule has 0 saturated heterocycles. The van der Waals surface area contributed by atoms with Gasteiger partial charge in [0.25, 0.3) is 0 Å². The predicted molar refractivity (Wildman–Crippen MR) is 130 cm³/mol. The van der Waals surface area contributed by atoms with Crippen LogP contribution >= 0.6 is 0 Å². The number of benzene rings is 1. The highest BCUT2D eigenvalue weighted by Crippen LogP contribution is 2.20. The van der Waals surface area contributed by atoms with Gasteiger partial charge in [0, 0.05) is 24.6 Å². The molecule has 0 aliphatic carbocycles. The lowest BCUT2D eigenvalue weighted by Gasteiger charge is -2.12. The van der Waals surface area contributed by atoms with Crippen LogP contribution in [0.3, 0.4) is 0 Å². The van der Waals surface area contributed by atoms with E-state index in [0.29, 0.717) is 18.2 Å². The van der Waals surface area contributed by atoms with Crippen molar-refractivity contribution < 1.29 is 14.3 Å². The maximum absolute atomic E-state index is 12.3. The van der Waals surface area contributed by atoms with Crippen LogP contribution in [-0.4, -0.2) is 28.6 Å². The number of ether oxygens (including phenoxy) is 2. The Kier molecular flexibility index (Phi) is 12.6. The van der Waals surface area contributed by atoms with Gasteiger partial charge in [0.1, 0.15) is 5.75 Å². The summed E-state index contributed by atoms with van der Waals surface area (Å²) in [5, 5.41) is 0. The third-order valence-corrected chi connectivity index (χ3v) is 5.55. The van der Waals surface area contributed by atoms with E-state index in [2.05, 4.69) is 23.8 Å². The molecule has 0 spiro atoms. The van der Waals surface area contributed by atoms with Crippen LogP contribution in [0.1, 0.15) is 90.5 Å². The van der Waals surface area contributed by atoms with Crippen LogP contribution in [0.4, 0.5) is 0 Å². The molecule has 1 atom stereocenters. The van der Waals surface area contributed by atoms with Gasteiger partial charge in [-0.25, -0.2) is 14.8 Å². The number of unbranched alkanes of at least 4 members (excludes halogenated alkanes) is 8. The minimum absolute atomic E-state index is 0.368. The minimum Gasteiger partial charge on any atom is -0.425 e. The Morgan fingerprint density at radius 3 is 2.09 bits per heavy atom. The fraction of sp³-hybridized carbons (Fsp3) is 0.593. The zero-order valence-electron chi connectivity index (χ0n) is 20.1. The van der Waals surface area contributed by atoms with Crippen molar-refractivity contribution in [3.8, 4) is 17.1 Å². The number of carbonyl (C=O) groups is 1. The largest absolute Gasteiger partial charge is 0.425 e. The molecule has 5 nitrogen and oxygen atoms in total. The van der Waals surface area contributed by atoms with E-state index in [1.54, 1.807) is 19.1 Å². The van der Waals surface area contributed by atoms with Crippen molar-refractivity contribution in [2.24, 2.45) is 0 Å². The van der Waals surface area contributed by atoms with Crippen LogP contribution in [0, 0.1) is 0 Å². The third-order valence-electron chi connectivity index (χ3n) is 5.55. The molecule has 1 heterocycles. The zero-order chi connectivity index (χ0) is 23.0. The minimum atomic E-state index is -0.571. The Bertz CT molecular complexity index is 759. The van der Waals surface area contributed by atoms with Crippen LogP contribution in [0.5, 0.6) is 5.75 Å². The summed E-state index contributed by atoms with van der Waals surface area (Å²) in [6, 6.07) is 7.30. The standard InChI is InChI=1S/C27H40N2O3/c1-4-6-8-10-11-13-19-31-22(3)27(30)32-25-17-15-24(16-18-25)26-28-20-23(21-29-26)14-12-9-7-5-2/h15-18,20-22H,4-14,19H2,1-3H3. The van der Waals surface area contributed by atoms with Crippen LogP contribution in [0.15, 0.2) is 36.7 Å². The van der Waals surface area contributed by atoms with Crippen LogP contribution < -0.4 is 4.74 Å². The van der Waals surface area contributed by atoms with E-state index in [0.717, 1.165) is 24.8 Å². The van der Waals surface area contributed by atoms with Gasteiger partial charge >= 0.3 is 5.97 Å². The summed E-state index contributed by atoms with van der Waals surface area (Å²) in [6.07, 6.45) is 16.4. The molecule has 1 unspecified atom stereocenters. The number of hydrogen-bond donors (Lipinski definition) is 0. The van der Waals surface area contributed by atoms with E-state index in [-0.39, 0.29) is 5.97 Å². The molecule has 0 N–H and O–H groups in total. The summed E-state index contributed by atoms with van der Waals surface area (Å²) in [7, 11) is 0. The number of hydrogen-bond acceptors (Lipinski definition) is 5. The summed E-state index contributed by atoms with van der Waals surface area (Å²) >= 11 is 0. The van der Waals surface area contributed by atoms with Crippen molar-refractivity contribution in [3.05, 3.63) is 42.2 Å². The van der Waals surface area contributed by atoms with Crippen molar-refractivity contribution in [2.75, 3.05) is 6.61 Å². The highest BCUT2D eigenvalue weighted by atomic mass is 16.6. The molecule has 176 valence electrons. The molecule has 0 saturated carbocycles. The van der Waals surface area contributed by atoms with Crippen LogP contribution in [0.25, 0.3) is 11.4 Å². The lowest BCUT2D eigenvalue weighted by atomic mass is 10.1. The topological polar surface area (TPSA) is 61.3 Å². The molecule has 5 heteroatoms. The van der Waals surface area contributed by atoms with Gasteiger partial charge in [0.05, 0.1) is 0 Å². The van der Waals surface area contributed by atoms with Crippen LogP contribution in [0.2, 0.25) is 0 Å². The number of esters is 1. The van der Waals surface area contributed by atoms with Gasteiger partial charge in [-0.15, -0.1) is 0 Å². The van der Waals surface area contributed by atoms with Crippen molar-refractivity contribution in [3.63, 3.8) is 0 Å². The van der Waals surface area contributed by atoms with E-state index in [1.807, 2.05) is 24.5 Å². The number of aryl methyl sites for hydroxylation is 1. The van der Waals surface area contributed by atoms with Gasteiger partial charge in [0.2, 0.25) is 0 Å². The lowest BCUT2D eigenvalue weighted by Crippen LogP contribution is -2.26.